The van der Waals surface area contributed by atoms with Crippen LogP contribution in [0.3, 0.4) is 0 Å². The molecule has 2 amide bonds. The van der Waals surface area contributed by atoms with Crippen molar-refractivity contribution in [2.45, 2.75) is 61.7 Å². The van der Waals surface area contributed by atoms with Crippen molar-refractivity contribution in [1.29, 1.82) is 0 Å². The number of hydrogen-bond acceptors (Lipinski definition) is 21. The molecule has 10 N–H and O–H groups in total. The van der Waals surface area contributed by atoms with E-state index in [0.29, 0.717) is 17.9 Å². The van der Waals surface area contributed by atoms with Crippen molar-refractivity contribution in [1.82, 2.24) is 35.1 Å². The second-order valence-electron chi connectivity index (χ2n) is 13.8. The van der Waals surface area contributed by atoms with Gasteiger partial charge in [-0.25, -0.2) is 33.6 Å². The van der Waals surface area contributed by atoms with Gasteiger partial charge in [0.05, 0.1) is 29.8 Å². The van der Waals surface area contributed by atoms with Gasteiger partial charge in [0.2, 0.25) is 11.8 Å². The minimum Gasteiger partial charge on any atom is -0.386 e. The number of aliphatic hydroxyl groups excluding tert-OH is 2. The van der Waals surface area contributed by atoms with E-state index in [4.69, 9.17) is 19.5 Å². The van der Waals surface area contributed by atoms with E-state index in [-0.39, 0.29) is 41.6 Å². The molecule has 1 aromatic carbocycles. The van der Waals surface area contributed by atoms with E-state index in [1.54, 1.807) is 11.3 Å². The number of aromatic nitrogens is 5. The van der Waals surface area contributed by atoms with Crippen molar-refractivity contribution in [3.63, 3.8) is 0 Å². The summed E-state index contributed by atoms with van der Waals surface area (Å²) in [6, 6.07) is 7.76. The topological polar surface area (TPSA) is 377 Å². The van der Waals surface area contributed by atoms with Crippen molar-refractivity contribution < 1.29 is 80.5 Å². The highest BCUT2D eigenvalue weighted by Gasteiger charge is 2.50. The van der Waals surface area contributed by atoms with E-state index in [2.05, 4.69) is 39.4 Å². The number of nitrogens with one attached hydrogen (secondary N) is 2. The number of thioether (sulfide) groups is 2. The number of ether oxygens (including phenoxy) is 1. The summed E-state index contributed by atoms with van der Waals surface area (Å²) in [6.07, 6.45) is -6.63. The number of amides is 2. The highest BCUT2D eigenvalue weighted by molar-refractivity contribution is 8.13. The smallest absolute Gasteiger partial charge is 0.386 e. The first kappa shape index (κ1) is 50.0. The summed E-state index contributed by atoms with van der Waals surface area (Å²) >= 11 is 4.14. The van der Waals surface area contributed by atoms with Crippen LogP contribution in [-0.4, -0.2) is 133 Å². The fourth-order valence-corrected chi connectivity index (χ4v) is 11.2. The van der Waals surface area contributed by atoms with Crippen molar-refractivity contribution >= 4 is 102 Å². The van der Waals surface area contributed by atoms with Gasteiger partial charge in [-0.1, -0.05) is 49.5 Å². The summed E-state index contributed by atoms with van der Waals surface area (Å²) < 4.78 is 64.2. The fourth-order valence-electron chi connectivity index (χ4n) is 5.50. The Morgan fingerprint density at radius 1 is 1.02 bits per heavy atom. The Bertz CT molecular complexity index is 2340. The van der Waals surface area contributed by atoms with E-state index in [1.807, 2.05) is 24.3 Å². The Morgan fingerprint density at radius 3 is 2.47 bits per heavy atom. The first-order chi connectivity index (χ1) is 29.0. The fraction of sp³-hybridized carbons (Fsp3) is 0.516. The SMILES string of the molecule is CC(C)(COP(=O)(O)OP(=O)(O)OC[C@H]1O[C@@H](n2cnc3c(N)ncnc32)[C@H](O)[C@@H]1OP(=O)(O)O)[C@@H](O)C(=O)NCCC(=O)NCCSC(=O)CCSc1nc2ccccc2s1. The molecule has 1 aliphatic rings. The quantitative estimate of drug-likeness (QED) is 0.0288. The predicted molar refractivity (Wildman–Crippen MR) is 222 cm³/mol. The van der Waals surface area contributed by atoms with E-state index in [1.165, 1.54) is 25.6 Å². The van der Waals surface area contributed by atoms with Gasteiger partial charge < -0.3 is 50.9 Å². The zero-order chi connectivity index (χ0) is 45.5. The minimum atomic E-state index is -5.58. The number of nitrogen functional groups attached to an aromatic ring is 1. The molecule has 31 heteroatoms. The summed E-state index contributed by atoms with van der Waals surface area (Å²) in [5.41, 5.74) is 5.17. The van der Waals surface area contributed by atoms with Crippen LogP contribution in [0.4, 0.5) is 5.82 Å². The molecule has 0 spiro atoms. The third-order valence-corrected chi connectivity index (χ3v) is 14.8. The van der Waals surface area contributed by atoms with Crippen LogP contribution in [0.15, 0.2) is 41.3 Å². The number of rotatable bonds is 23. The van der Waals surface area contributed by atoms with Gasteiger partial charge in [-0.15, -0.1) is 11.3 Å². The van der Waals surface area contributed by atoms with Crippen molar-refractivity contribution in [2.75, 3.05) is 43.5 Å². The van der Waals surface area contributed by atoms with Gasteiger partial charge in [0, 0.05) is 42.9 Å². The number of carbonyl (C=O) groups excluding carboxylic acids is 3. The number of aliphatic hydroxyl groups is 2. The number of nitrogens with two attached hydrogens (primary N) is 1. The van der Waals surface area contributed by atoms with Crippen LogP contribution in [0.25, 0.3) is 21.4 Å². The lowest BCUT2D eigenvalue weighted by atomic mass is 9.87. The maximum Gasteiger partial charge on any atom is 0.481 e. The Morgan fingerprint density at radius 2 is 1.74 bits per heavy atom. The molecule has 62 heavy (non-hydrogen) atoms. The maximum atomic E-state index is 12.7. The van der Waals surface area contributed by atoms with Crippen LogP contribution in [0.2, 0.25) is 0 Å². The number of benzene rings is 1. The average molecular weight is 989 g/mol. The predicted octanol–water partition coefficient (Wildman–Crippen LogP) is 1.46. The average Bonchev–Trinajstić information content (AvgIpc) is 3.89. The van der Waals surface area contributed by atoms with Crippen LogP contribution in [-0.2, 0) is 50.7 Å². The molecule has 0 bridgehead atoms. The molecular weight excluding hydrogens is 946 g/mol. The van der Waals surface area contributed by atoms with E-state index < -0.39 is 84.6 Å². The number of imidazole rings is 1. The number of fused-ring (bicyclic) bond motifs is 2. The summed E-state index contributed by atoms with van der Waals surface area (Å²) in [5, 5.41) is 26.5. The van der Waals surface area contributed by atoms with Gasteiger partial charge in [0.25, 0.3) is 0 Å². The molecule has 0 radical (unpaired) electrons. The molecule has 0 saturated carbocycles. The molecule has 4 aromatic rings. The van der Waals surface area contributed by atoms with Crippen LogP contribution in [0.1, 0.15) is 32.9 Å². The molecule has 1 fully saturated rings. The second kappa shape index (κ2) is 21.3. The Balaban J connectivity index is 1.00. The van der Waals surface area contributed by atoms with Gasteiger partial charge in [0.1, 0.15) is 36.3 Å². The van der Waals surface area contributed by atoms with Crippen molar-refractivity contribution in [3.8, 4) is 0 Å². The molecule has 7 atom stereocenters. The normalized spacial score (nSPS) is 20.8. The number of para-hydroxylation sites is 1. The number of hydrogen-bond donors (Lipinski definition) is 9. The summed E-state index contributed by atoms with van der Waals surface area (Å²) in [5.74, 6) is -0.570. The number of anilines is 1. The van der Waals surface area contributed by atoms with Crippen LogP contribution in [0, 0.1) is 5.41 Å². The molecule has 342 valence electrons. The molecule has 25 nitrogen and oxygen atoms in total. The molecular formula is C31H43N8O17P3S3. The molecule has 2 unspecified atom stereocenters. The summed E-state index contributed by atoms with van der Waals surface area (Å²) in [7, 11) is -16.4. The Kier molecular flexibility index (Phi) is 17.2. The largest absolute Gasteiger partial charge is 0.481 e. The third kappa shape index (κ3) is 14.3. The molecule has 5 rings (SSSR count). The monoisotopic (exact) mass is 988 g/mol. The zero-order valence-electron chi connectivity index (χ0n) is 32.6. The molecule has 3 aromatic heterocycles. The summed E-state index contributed by atoms with van der Waals surface area (Å²) in [4.78, 5) is 92.7. The van der Waals surface area contributed by atoms with E-state index in [0.717, 1.165) is 43.5 Å². The molecule has 1 aliphatic heterocycles. The third-order valence-electron chi connectivity index (χ3n) is 8.57. The van der Waals surface area contributed by atoms with Crippen LogP contribution >= 0.6 is 58.3 Å². The van der Waals surface area contributed by atoms with E-state index >= 15 is 0 Å². The number of phosphoric acid groups is 3. The standard InChI is InChI=1S/C31H43N8O17P3S3/c1-31(2,25(43)28(44)34-9-7-20(40)33-10-12-60-21(41)8-11-61-30-38-17-5-3-4-6-19(17)62-30)14-53-59(50,51)56-58(48,49)52-13-18-24(55-57(45,46)47)23(42)29(54-18)39-16-37-22-26(32)35-15-36-27(22)39/h3-6,15-16,18,23-25,29,42-43H,7-14H2,1-2H3,(H,33,40)(H,34,44)(H,48,49)(H,50,51)(H2,32,35,36)(H2,45,46,47)/t18-,23-,24-,25+,29-/m1/s1. The molecule has 1 saturated heterocycles. The minimum absolute atomic E-state index is 0.0287. The number of nitrogens with zero attached hydrogens (tertiary/aromatic N) is 5. The zero-order valence-corrected chi connectivity index (χ0v) is 37.7. The first-order valence-corrected chi connectivity index (χ1v) is 25.4. The highest BCUT2D eigenvalue weighted by atomic mass is 32.2. The molecule has 0 aliphatic carbocycles. The van der Waals surface area contributed by atoms with Gasteiger partial charge in [-0.3, -0.25) is 32.5 Å². The lowest BCUT2D eigenvalue weighted by molar-refractivity contribution is -0.137. The lowest BCUT2D eigenvalue weighted by Crippen LogP contribution is -2.46. The highest BCUT2D eigenvalue weighted by Crippen LogP contribution is 2.61. The molecule has 4 heterocycles. The van der Waals surface area contributed by atoms with Crippen LogP contribution in [0.5, 0.6) is 0 Å². The van der Waals surface area contributed by atoms with Gasteiger partial charge in [0.15, 0.2) is 27.1 Å². The Hall–Kier alpha value is -2.98. The maximum absolute atomic E-state index is 12.7. The Labute approximate surface area is 364 Å². The van der Waals surface area contributed by atoms with E-state index in [9.17, 15) is 57.9 Å². The second-order valence-corrected chi connectivity index (χ2v) is 21.6. The number of carbonyl (C=O) groups is 3. The van der Waals surface area contributed by atoms with Gasteiger partial charge >= 0.3 is 23.5 Å². The number of thiazole rings is 1. The lowest BCUT2D eigenvalue weighted by Gasteiger charge is -2.30. The van der Waals surface area contributed by atoms with Crippen molar-refractivity contribution in [2.24, 2.45) is 5.41 Å². The number of phosphoric ester groups is 3. The van der Waals surface area contributed by atoms with Gasteiger partial charge in [-0.05, 0) is 12.1 Å². The summed E-state index contributed by atoms with van der Waals surface area (Å²) in [6.45, 7) is 0.464. The van der Waals surface area contributed by atoms with Crippen molar-refractivity contribution in [3.05, 3.63) is 36.9 Å². The van der Waals surface area contributed by atoms with Crippen LogP contribution < -0.4 is 16.4 Å². The first-order valence-electron chi connectivity index (χ1n) is 18.1. The van der Waals surface area contributed by atoms with Gasteiger partial charge in [-0.2, -0.15) is 4.31 Å².